The molecule has 2 saturated carbocycles. The van der Waals surface area contributed by atoms with E-state index in [2.05, 4.69) is 0 Å². The fourth-order valence-electron chi connectivity index (χ4n) is 3.38. The van der Waals surface area contributed by atoms with Crippen LogP contribution in [0.1, 0.15) is 32.6 Å². The van der Waals surface area contributed by atoms with Crippen LogP contribution in [0.5, 0.6) is 0 Å². The molecule has 0 aromatic carbocycles. The van der Waals surface area contributed by atoms with Gasteiger partial charge in [-0.25, -0.2) is 0 Å². The van der Waals surface area contributed by atoms with Gasteiger partial charge in [-0.05, 0) is 44.4 Å². The van der Waals surface area contributed by atoms with Gasteiger partial charge in [0.05, 0.1) is 18.4 Å². The van der Waals surface area contributed by atoms with Crippen molar-refractivity contribution in [1.29, 1.82) is 0 Å². The third-order valence-corrected chi connectivity index (χ3v) is 4.00. The van der Waals surface area contributed by atoms with Crippen LogP contribution in [0.4, 0.5) is 0 Å². The molecule has 0 aromatic rings. The van der Waals surface area contributed by atoms with E-state index in [-0.39, 0.29) is 29.6 Å². The average Bonchev–Trinajstić information content (AvgIpc) is 2.50. The highest BCUT2D eigenvalue weighted by molar-refractivity contribution is 5.75. The number of rotatable bonds is 3. The molecule has 0 spiro atoms. The molecular weight excluding hydrogens is 208 g/mol. The Morgan fingerprint density at radius 2 is 1.81 bits per heavy atom. The van der Waals surface area contributed by atoms with E-state index < -0.39 is 5.97 Å². The summed E-state index contributed by atoms with van der Waals surface area (Å²) in [5.74, 6) is -0.729. The first-order valence-corrected chi connectivity index (χ1v) is 6.03. The summed E-state index contributed by atoms with van der Waals surface area (Å²) in [6.45, 7) is 2.21. The first kappa shape index (κ1) is 11.4. The SMILES string of the molecule is CCOC(=O)C1CC2CCC(C1)C2C(=O)O. The molecule has 0 saturated heterocycles. The lowest BCUT2D eigenvalue weighted by molar-refractivity contribution is -0.155. The molecule has 0 heterocycles. The van der Waals surface area contributed by atoms with E-state index in [1.54, 1.807) is 6.92 Å². The Morgan fingerprint density at radius 1 is 1.25 bits per heavy atom. The van der Waals surface area contributed by atoms with Crippen LogP contribution in [0.2, 0.25) is 0 Å². The van der Waals surface area contributed by atoms with Crippen LogP contribution in [0.3, 0.4) is 0 Å². The molecule has 0 aliphatic heterocycles. The van der Waals surface area contributed by atoms with Gasteiger partial charge >= 0.3 is 11.9 Å². The first-order valence-electron chi connectivity index (χ1n) is 6.03. The van der Waals surface area contributed by atoms with Gasteiger partial charge < -0.3 is 9.84 Å². The molecule has 2 aliphatic rings. The predicted octanol–water partition coefficient (Wildman–Crippen LogP) is 1.69. The highest BCUT2D eigenvalue weighted by Crippen LogP contribution is 2.49. The van der Waals surface area contributed by atoms with Crippen molar-refractivity contribution in [2.24, 2.45) is 23.7 Å². The summed E-state index contributed by atoms with van der Waals surface area (Å²) in [5, 5.41) is 9.13. The van der Waals surface area contributed by atoms with Crippen LogP contribution in [-0.2, 0) is 14.3 Å². The zero-order valence-corrected chi connectivity index (χ0v) is 9.52. The van der Waals surface area contributed by atoms with E-state index in [4.69, 9.17) is 9.84 Å². The number of aliphatic carboxylic acids is 1. The molecule has 4 heteroatoms. The van der Waals surface area contributed by atoms with Gasteiger partial charge in [0.25, 0.3) is 0 Å². The molecule has 2 unspecified atom stereocenters. The Morgan fingerprint density at radius 3 is 2.25 bits per heavy atom. The van der Waals surface area contributed by atoms with Crippen molar-refractivity contribution in [1.82, 2.24) is 0 Å². The maximum atomic E-state index is 11.6. The molecule has 2 aliphatic carbocycles. The molecule has 2 bridgehead atoms. The number of carboxylic acid groups (broad SMARTS) is 1. The molecule has 2 fully saturated rings. The van der Waals surface area contributed by atoms with Crippen molar-refractivity contribution in [3.63, 3.8) is 0 Å². The van der Waals surface area contributed by atoms with Gasteiger partial charge in [0.2, 0.25) is 0 Å². The molecule has 2 rings (SSSR count). The fourth-order valence-corrected chi connectivity index (χ4v) is 3.38. The number of hydrogen-bond acceptors (Lipinski definition) is 3. The summed E-state index contributed by atoms with van der Waals surface area (Å²) in [5.41, 5.74) is 0. The monoisotopic (exact) mass is 226 g/mol. The first-order chi connectivity index (χ1) is 7.63. The maximum Gasteiger partial charge on any atom is 0.308 e. The molecule has 16 heavy (non-hydrogen) atoms. The number of fused-ring (bicyclic) bond motifs is 2. The van der Waals surface area contributed by atoms with Crippen LogP contribution in [-0.4, -0.2) is 23.7 Å². The lowest BCUT2D eigenvalue weighted by Gasteiger charge is -2.31. The van der Waals surface area contributed by atoms with E-state index in [1.165, 1.54) is 0 Å². The zero-order valence-electron chi connectivity index (χ0n) is 9.52. The smallest absolute Gasteiger partial charge is 0.308 e. The second-order valence-corrected chi connectivity index (χ2v) is 4.88. The normalized spacial score (nSPS) is 37.1. The molecule has 0 radical (unpaired) electrons. The Hall–Kier alpha value is -1.06. The molecule has 90 valence electrons. The van der Waals surface area contributed by atoms with Crippen molar-refractivity contribution in [3.8, 4) is 0 Å². The van der Waals surface area contributed by atoms with Gasteiger partial charge in [0, 0.05) is 0 Å². The molecule has 4 nitrogen and oxygen atoms in total. The standard InChI is InChI=1S/C12H18O4/c1-2-16-12(15)9-5-7-3-4-8(6-9)10(7)11(13)14/h7-10H,2-6H2,1H3,(H,13,14). The zero-order chi connectivity index (χ0) is 11.7. The van der Waals surface area contributed by atoms with Gasteiger partial charge in [-0.1, -0.05) is 0 Å². The number of carbonyl (C=O) groups is 2. The second-order valence-electron chi connectivity index (χ2n) is 4.88. The molecule has 0 aromatic heterocycles. The lowest BCUT2D eigenvalue weighted by Crippen LogP contribution is -2.35. The number of ether oxygens (including phenoxy) is 1. The maximum absolute atomic E-state index is 11.6. The molecule has 0 amide bonds. The van der Waals surface area contributed by atoms with Crippen LogP contribution in [0, 0.1) is 23.7 Å². The third-order valence-electron chi connectivity index (χ3n) is 4.00. The second kappa shape index (κ2) is 4.44. The van der Waals surface area contributed by atoms with E-state index in [9.17, 15) is 9.59 Å². The largest absolute Gasteiger partial charge is 0.481 e. The van der Waals surface area contributed by atoms with E-state index in [0.717, 1.165) is 12.8 Å². The summed E-state index contributed by atoms with van der Waals surface area (Å²) in [6.07, 6.45) is 3.31. The van der Waals surface area contributed by atoms with Crippen molar-refractivity contribution in [2.75, 3.05) is 6.61 Å². The average molecular weight is 226 g/mol. The van der Waals surface area contributed by atoms with Crippen LogP contribution in [0.15, 0.2) is 0 Å². The lowest BCUT2D eigenvalue weighted by atomic mass is 9.73. The Balaban J connectivity index is 2.02. The van der Waals surface area contributed by atoms with E-state index >= 15 is 0 Å². The summed E-state index contributed by atoms with van der Waals surface area (Å²) < 4.78 is 5.02. The number of esters is 1. The number of carbonyl (C=O) groups excluding carboxylic acids is 1. The van der Waals surface area contributed by atoms with Gasteiger partial charge in [-0.15, -0.1) is 0 Å². The highest BCUT2D eigenvalue weighted by Gasteiger charge is 2.48. The minimum Gasteiger partial charge on any atom is -0.481 e. The summed E-state index contributed by atoms with van der Waals surface area (Å²) in [4.78, 5) is 22.7. The Labute approximate surface area is 95.0 Å². The predicted molar refractivity (Wildman–Crippen MR) is 56.7 cm³/mol. The van der Waals surface area contributed by atoms with E-state index in [0.29, 0.717) is 19.4 Å². The molecule has 1 N–H and O–H groups in total. The quantitative estimate of drug-likeness (QED) is 0.744. The van der Waals surface area contributed by atoms with Gasteiger partial charge in [-0.2, -0.15) is 0 Å². The summed E-state index contributed by atoms with van der Waals surface area (Å²) >= 11 is 0. The van der Waals surface area contributed by atoms with Crippen molar-refractivity contribution < 1.29 is 19.4 Å². The molecule has 2 atom stereocenters. The minimum atomic E-state index is -0.685. The Kier molecular flexibility index (Phi) is 3.17. The van der Waals surface area contributed by atoms with Crippen molar-refractivity contribution >= 4 is 11.9 Å². The third kappa shape index (κ3) is 1.93. The van der Waals surface area contributed by atoms with Crippen LogP contribution < -0.4 is 0 Å². The number of hydrogen-bond donors (Lipinski definition) is 1. The highest BCUT2D eigenvalue weighted by atomic mass is 16.5. The van der Waals surface area contributed by atoms with Gasteiger partial charge in [-0.3, -0.25) is 9.59 Å². The summed E-state index contributed by atoms with van der Waals surface area (Å²) in [7, 11) is 0. The van der Waals surface area contributed by atoms with Crippen molar-refractivity contribution in [2.45, 2.75) is 32.6 Å². The number of carboxylic acids is 1. The van der Waals surface area contributed by atoms with Crippen LogP contribution >= 0.6 is 0 Å². The van der Waals surface area contributed by atoms with Crippen LogP contribution in [0.25, 0.3) is 0 Å². The van der Waals surface area contributed by atoms with Crippen molar-refractivity contribution in [3.05, 3.63) is 0 Å². The Bertz CT molecular complexity index is 285. The summed E-state index contributed by atoms with van der Waals surface area (Å²) in [6, 6.07) is 0. The minimum absolute atomic E-state index is 0.0620. The topological polar surface area (TPSA) is 63.6 Å². The van der Waals surface area contributed by atoms with Gasteiger partial charge in [0.1, 0.15) is 0 Å². The van der Waals surface area contributed by atoms with Gasteiger partial charge in [0.15, 0.2) is 0 Å². The molecular formula is C12H18O4. The fraction of sp³-hybridized carbons (Fsp3) is 0.833. The van der Waals surface area contributed by atoms with E-state index in [1.807, 2.05) is 0 Å².